The first-order chi connectivity index (χ1) is 12.7. The summed E-state index contributed by atoms with van der Waals surface area (Å²) < 4.78 is 10.9. The predicted molar refractivity (Wildman–Crippen MR) is 103 cm³/mol. The van der Waals surface area contributed by atoms with Crippen LogP contribution in [0.3, 0.4) is 0 Å². The fraction of sp³-hybridized carbons (Fsp3) is 0.286. The lowest BCUT2D eigenvalue weighted by molar-refractivity contribution is 0.0746. The number of anilines is 1. The molecular formula is C21H24N2O3. The van der Waals surface area contributed by atoms with Crippen molar-refractivity contribution in [1.82, 2.24) is 4.90 Å². The van der Waals surface area contributed by atoms with Gasteiger partial charge >= 0.3 is 0 Å². The largest absolute Gasteiger partial charge is 0.493 e. The first-order valence-electron chi connectivity index (χ1n) is 8.74. The van der Waals surface area contributed by atoms with Crippen LogP contribution in [0.5, 0.6) is 11.5 Å². The van der Waals surface area contributed by atoms with Gasteiger partial charge in [-0.2, -0.15) is 0 Å². The Labute approximate surface area is 154 Å². The molecule has 1 amide bonds. The van der Waals surface area contributed by atoms with Crippen molar-refractivity contribution in [3.63, 3.8) is 0 Å². The Kier molecular flexibility index (Phi) is 5.79. The number of para-hydroxylation sites is 1. The van der Waals surface area contributed by atoms with E-state index in [1.165, 1.54) is 5.69 Å². The molecular weight excluding hydrogens is 328 g/mol. The standard InChI is InChI=1S/C21H24N2O3/c1-3-15-26-19-10-9-17(16-20(19)25-2)21(24)23-13-11-22(12-14-23)18-7-5-4-6-8-18/h3-10,16H,1,11-15H2,2H3. The lowest BCUT2D eigenvalue weighted by Gasteiger charge is -2.36. The van der Waals surface area contributed by atoms with Gasteiger partial charge in [0.1, 0.15) is 6.61 Å². The number of benzene rings is 2. The second-order valence-electron chi connectivity index (χ2n) is 6.08. The van der Waals surface area contributed by atoms with E-state index in [1.807, 2.05) is 23.1 Å². The summed E-state index contributed by atoms with van der Waals surface area (Å²) in [5, 5.41) is 0. The summed E-state index contributed by atoms with van der Waals surface area (Å²) in [7, 11) is 1.57. The highest BCUT2D eigenvalue weighted by Crippen LogP contribution is 2.29. The molecule has 0 unspecified atom stereocenters. The Hall–Kier alpha value is -2.95. The zero-order chi connectivity index (χ0) is 18.4. The molecule has 2 aromatic carbocycles. The number of ether oxygens (including phenoxy) is 2. The highest BCUT2D eigenvalue weighted by molar-refractivity contribution is 5.95. The quantitative estimate of drug-likeness (QED) is 0.749. The van der Waals surface area contributed by atoms with Gasteiger partial charge in [0, 0.05) is 37.4 Å². The number of amides is 1. The van der Waals surface area contributed by atoms with Crippen LogP contribution < -0.4 is 14.4 Å². The number of hydrogen-bond donors (Lipinski definition) is 0. The van der Waals surface area contributed by atoms with Crippen molar-refractivity contribution in [2.75, 3.05) is 44.8 Å². The minimum absolute atomic E-state index is 0.0197. The van der Waals surface area contributed by atoms with Crippen molar-refractivity contribution in [3.8, 4) is 11.5 Å². The van der Waals surface area contributed by atoms with Gasteiger partial charge in [0.2, 0.25) is 0 Å². The predicted octanol–water partition coefficient (Wildman–Crippen LogP) is 3.22. The van der Waals surface area contributed by atoms with Crippen LogP contribution in [-0.2, 0) is 0 Å². The third-order valence-corrected chi connectivity index (χ3v) is 4.46. The molecule has 0 N–H and O–H groups in total. The van der Waals surface area contributed by atoms with E-state index in [0.29, 0.717) is 36.8 Å². The van der Waals surface area contributed by atoms with Gasteiger partial charge < -0.3 is 19.3 Å². The third kappa shape index (κ3) is 3.99. The van der Waals surface area contributed by atoms with Gasteiger partial charge in [-0.25, -0.2) is 0 Å². The lowest BCUT2D eigenvalue weighted by atomic mass is 10.1. The van der Waals surface area contributed by atoms with Crippen LogP contribution in [0, 0.1) is 0 Å². The van der Waals surface area contributed by atoms with Crippen LogP contribution in [0.4, 0.5) is 5.69 Å². The fourth-order valence-corrected chi connectivity index (χ4v) is 3.06. The number of carbonyl (C=O) groups is 1. The maximum absolute atomic E-state index is 12.8. The molecule has 3 rings (SSSR count). The smallest absolute Gasteiger partial charge is 0.254 e. The minimum Gasteiger partial charge on any atom is -0.493 e. The summed E-state index contributed by atoms with van der Waals surface area (Å²) in [6.07, 6.45) is 1.67. The van der Waals surface area contributed by atoms with Gasteiger partial charge in [-0.3, -0.25) is 4.79 Å². The summed E-state index contributed by atoms with van der Waals surface area (Å²) in [6, 6.07) is 15.6. The maximum atomic E-state index is 12.8. The Morgan fingerprint density at radius 3 is 2.46 bits per heavy atom. The second-order valence-corrected chi connectivity index (χ2v) is 6.08. The molecule has 1 aliphatic rings. The molecule has 1 aliphatic heterocycles. The Bertz CT molecular complexity index is 753. The van der Waals surface area contributed by atoms with E-state index in [1.54, 1.807) is 31.4 Å². The first-order valence-corrected chi connectivity index (χ1v) is 8.74. The Morgan fingerprint density at radius 1 is 1.08 bits per heavy atom. The summed E-state index contributed by atoms with van der Waals surface area (Å²) >= 11 is 0. The second kappa shape index (κ2) is 8.43. The highest BCUT2D eigenvalue weighted by Gasteiger charge is 2.23. The normalized spacial score (nSPS) is 14.0. The molecule has 1 heterocycles. The third-order valence-electron chi connectivity index (χ3n) is 4.46. The first kappa shape index (κ1) is 17.9. The van der Waals surface area contributed by atoms with Gasteiger partial charge in [-0.1, -0.05) is 30.9 Å². The molecule has 0 aliphatic carbocycles. The fourth-order valence-electron chi connectivity index (χ4n) is 3.06. The molecule has 0 spiro atoms. The van der Waals surface area contributed by atoms with Crippen molar-refractivity contribution in [2.24, 2.45) is 0 Å². The van der Waals surface area contributed by atoms with E-state index in [9.17, 15) is 4.79 Å². The summed E-state index contributed by atoms with van der Waals surface area (Å²) in [6.45, 7) is 7.08. The van der Waals surface area contributed by atoms with E-state index in [2.05, 4.69) is 23.6 Å². The Balaban J connectivity index is 1.65. The van der Waals surface area contributed by atoms with E-state index >= 15 is 0 Å². The number of rotatable bonds is 6. The molecule has 1 saturated heterocycles. The molecule has 5 nitrogen and oxygen atoms in total. The van der Waals surface area contributed by atoms with Gasteiger partial charge in [-0.15, -0.1) is 0 Å². The van der Waals surface area contributed by atoms with Crippen LogP contribution in [-0.4, -0.2) is 50.7 Å². The lowest BCUT2D eigenvalue weighted by Crippen LogP contribution is -2.48. The van der Waals surface area contributed by atoms with Gasteiger partial charge in [-0.05, 0) is 30.3 Å². The molecule has 0 radical (unpaired) electrons. The van der Waals surface area contributed by atoms with Crippen molar-refractivity contribution in [1.29, 1.82) is 0 Å². The molecule has 136 valence electrons. The molecule has 1 fully saturated rings. The molecule has 2 aromatic rings. The van der Waals surface area contributed by atoms with Gasteiger partial charge in [0.05, 0.1) is 7.11 Å². The maximum Gasteiger partial charge on any atom is 0.254 e. The average molecular weight is 352 g/mol. The molecule has 26 heavy (non-hydrogen) atoms. The van der Waals surface area contributed by atoms with Crippen LogP contribution in [0.25, 0.3) is 0 Å². The Morgan fingerprint density at radius 2 is 1.81 bits per heavy atom. The SMILES string of the molecule is C=CCOc1ccc(C(=O)N2CCN(c3ccccc3)CC2)cc1OC. The van der Waals surface area contributed by atoms with Crippen molar-refractivity contribution in [3.05, 3.63) is 66.7 Å². The number of hydrogen-bond acceptors (Lipinski definition) is 4. The summed E-state index contributed by atoms with van der Waals surface area (Å²) in [5.41, 5.74) is 1.81. The van der Waals surface area contributed by atoms with Gasteiger partial charge in [0.15, 0.2) is 11.5 Å². The van der Waals surface area contributed by atoms with Crippen molar-refractivity contribution >= 4 is 11.6 Å². The zero-order valence-electron chi connectivity index (χ0n) is 15.1. The van der Waals surface area contributed by atoms with Crippen LogP contribution in [0.1, 0.15) is 10.4 Å². The topological polar surface area (TPSA) is 42.0 Å². The van der Waals surface area contributed by atoms with E-state index in [4.69, 9.17) is 9.47 Å². The van der Waals surface area contributed by atoms with E-state index < -0.39 is 0 Å². The molecule has 0 saturated carbocycles. The number of piperazine rings is 1. The summed E-state index contributed by atoms with van der Waals surface area (Å²) in [5.74, 6) is 1.18. The van der Waals surface area contributed by atoms with Gasteiger partial charge in [0.25, 0.3) is 5.91 Å². The molecule has 5 heteroatoms. The van der Waals surface area contributed by atoms with Crippen molar-refractivity contribution < 1.29 is 14.3 Å². The number of nitrogens with zero attached hydrogens (tertiary/aromatic N) is 2. The van der Waals surface area contributed by atoms with Crippen LogP contribution in [0.2, 0.25) is 0 Å². The van der Waals surface area contributed by atoms with Crippen molar-refractivity contribution in [2.45, 2.75) is 0 Å². The van der Waals surface area contributed by atoms with E-state index in [0.717, 1.165) is 13.1 Å². The van der Waals surface area contributed by atoms with Crippen LogP contribution in [0.15, 0.2) is 61.2 Å². The molecule has 0 atom stereocenters. The van der Waals surface area contributed by atoms with Crippen LogP contribution >= 0.6 is 0 Å². The molecule has 0 aromatic heterocycles. The zero-order valence-corrected chi connectivity index (χ0v) is 15.1. The monoisotopic (exact) mass is 352 g/mol. The summed E-state index contributed by atoms with van der Waals surface area (Å²) in [4.78, 5) is 17.0. The van der Waals surface area contributed by atoms with E-state index in [-0.39, 0.29) is 5.91 Å². The highest BCUT2D eigenvalue weighted by atomic mass is 16.5. The minimum atomic E-state index is 0.0197. The number of carbonyl (C=O) groups excluding carboxylic acids is 1. The number of methoxy groups -OCH3 is 1. The average Bonchev–Trinajstić information content (AvgIpc) is 2.72. The molecule has 0 bridgehead atoms.